The summed E-state index contributed by atoms with van der Waals surface area (Å²) in [6.07, 6.45) is 2.57. The number of fused-ring (bicyclic) bond motifs is 1. The highest BCUT2D eigenvalue weighted by molar-refractivity contribution is 8.00. The van der Waals surface area contributed by atoms with Crippen molar-refractivity contribution in [2.75, 3.05) is 18.8 Å². The van der Waals surface area contributed by atoms with Gasteiger partial charge in [-0.1, -0.05) is 42.1 Å². The molecule has 28 heavy (non-hydrogen) atoms. The predicted octanol–water partition coefficient (Wildman–Crippen LogP) is 3.69. The fraction of sp³-hybridized carbons (Fsp3) is 0.300. The number of thiophene rings is 1. The number of carbonyl (C=O) groups excluding carboxylic acids is 2. The Morgan fingerprint density at radius 1 is 1.14 bits per heavy atom. The van der Waals surface area contributed by atoms with Crippen molar-refractivity contribution in [1.29, 1.82) is 0 Å². The number of benzene rings is 1. The largest absolute Gasteiger partial charge is 0.447 e. The Balaban J connectivity index is 1.46. The molecule has 0 unspecified atom stereocenters. The number of amides is 1. The van der Waals surface area contributed by atoms with Crippen LogP contribution in [0.25, 0.3) is 10.2 Å². The lowest BCUT2D eigenvalue weighted by Crippen LogP contribution is -2.35. The van der Waals surface area contributed by atoms with Crippen LogP contribution in [-0.4, -0.2) is 45.6 Å². The zero-order valence-corrected chi connectivity index (χ0v) is 16.7. The molecule has 8 heteroatoms. The SMILES string of the molecule is O=C(CSc1ncnc2sccc12)O[C@@H](C(=O)N1CCCC1)c1ccccc1. The van der Waals surface area contributed by atoms with E-state index in [9.17, 15) is 9.59 Å². The molecule has 3 heterocycles. The van der Waals surface area contributed by atoms with Crippen LogP contribution in [0.2, 0.25) is 0 Å². The Labute approximate surface area is 170 Å². The van der Waals surface area contributed by atoms with Crippen LogP contribution in [0.3, 0.4) is 0 Å². The third-order valence-electron chi connectivity index (χ3n) is 4.55. The molecule has 1 amide bonds. The number of carbonyl (C=O) groups is 2. The van der Waals surface area contributed by atoms with Gasteiger partial charge >= 0.3 is 5.97 Å². The van der Waals surface area contributed by atoms with Gasteiger partial charge in [0.2, 0.25) is 6.10 Å². The minimum atomic E-state index is -0.904. The second-order valence-corrected chi connectivity index (χ2v) is 8.28. The smallest absolute Gasteiger partial charge is 0.317 e. The maximum atomic E-state index is 12.9. The molecule has 1 aliphatic heterocycles. The van der Waals surface area contributed by atoms with Crippen molar-refractivity contribution in [1.82, 2.24) is 14.9 Å². The molecular formula is C20H19N3O3S2. The molecule has 144 valence electrons. The molecule has 0 spiro atoms. The number of esters is 1. The summed E-state index contributed by atoms with van der Waals surface area (Å²) in [5, 5.41) is 3.62. The molecule has 1 saturated heterocycles. The third-order valence-corrected chi connectivity index (χ3v) is 6.35. The normalized spacial score (nSPS) is 14.9. The van der Waals surface area contributed by atoms with Gasteiger partial charge in [0.25, 0.3) is 5.91 Å². The van der Waals surface area contributed by atoms with Crippen molar-refractivity contribution in [3.8, 4) is 0 Å². The van der Waals surface area contributed by atoms with Gasteiger partial charge < -0.3 is 9.64 Å². The number of likely N-dealkylation sites (tertiary alicyclic amines) is 1. The number of aromatic nitrogens is 2. The Kier molecular flexibility index (Phi) is 5.87. The van der Waals surface area contributed by atoms with Crippen LogP contribution in [0.4, 0.5) is 0 Å². The van der Waals surface area contributed by atoms with E-state index in [4.69, 9.17) is 4.74 Å². The van der Waals surface area contributed by atoms with Gasteiger partial charge in [0.15, 0.2) is 0 Å². The van der Waals surface area contributed by atoms with Gasteiger partial charge in [0, 0.05) is 24.0 Å². The summed E-state index contributed by atoms with van der Waals surface area (Å²) in [5.41, 5.74) is 0.694. The van der Waals surface area contributed by atoms with Gasteiger partial charge in [-0.05, 0) is 24.3 Å². The highest BCUT2D eigenvalue weighted by atomic mass is 32.2. The molecule has 0 saturated carbocycles. The fourth-order valence-electron chi connectivity index (χ4n) is 3.17. The van der Waals surface area contributed by atoms with Gasteiger partial charge in [-0.15, -0.1) is 11.3 Å². The second kappa shape index (κ2) is 8.70. The zero-order valence-electron chi connectivity index (χ0n) is 15.1. The summed E-state index contributed by atoms with van der Waals surface area (Å²) >= 11 is 2.83. The number of ether oxygens (including phenoxy) is 1. The van der Waals surface area contributed by atoms with E-state index < -0.39 is 12.1 Å². The van der Waals surface area contributed by atoms with E-state index in [1.807, 2.05) is 41.8 Å². The van der Waals surface area contributed by atoms with Gasteiger partial charge in [0.1, 0.15) is 16.2 Å². The van der Waals surface area contributed by atoms with Gasteiger partial charge in [0.05, 0.1) is 5.75 Å². The molecule has 6 nitrogen and oxygen atoms in total. The van der Waals surface area contributed by atoms with Crippen LogP contribution in [0, 0.1) is 0 Å². The first kappa shape index (κ1) is 18.9. The number of thioether (sulfide) groups is 1. The Hall–Kier alpha value is -2.45. The Morgan fingerprint density at radius 3 is 2.71 bits per heavy atom. The summed E-state index contributed by atoms with van der Waals surface area (Å²) in [6, 6.07) is 11.1. The Bertz CT molecular complexity index is 971. The van der Waals surface area contributed by atoms with Crippen LogP contribution < -0.4 is 0 Å². The maximum Gasteiger partial charge on any atom is 0.317 e. The summed E-state index contributed by atoms with van der Waals surface area (Å²) in [7, 11) is 0. The zero-order chi connectivity index (χ0) is 19.3. The molecule has 2 aromatic heterocycles. The van der Waals surface area contributed by atoms with E-state index in [-0.39, 0.29) is 11.7 Å². The first-order valence-electron chi connectivity index (χ1n) is 9.06. The molecule has 0 N–H and O–H groups in total. The Morgan fingerprint density at radius 2 is 1.93 bits per heavy atom. The average molecular weight is 414 g/mol. The van der Waals surface area contributed by atoms with E-state index in [1.165, 1.54) is 29.4 Å². The predicted molar refractivity (Wildman–Crippen MR) is 109 cm³/mol. The third kappa shape index (κ3) is 4.18. The number of nitrogens with zero attached hydrogens (tertiary/aromatic N) is 3. The van der Waals surface area contributed by atoms with E-state index in [0.29, 0.717) is 18.7 Å². The topological polar surface area (TPSA) is 72.4 Å². The lowest BCUT2D eigenvalue weighted by molar-refractivity contribution is -0.158. The average Bonchev–Trinajstić information content (AvgIpc) is 3.42. The number of hydrogen-bond donors (Lipinski definition) is 0. The van der Waals surface area contributed by atoms with Crippen molar-refractivity contribution in [2.45, 2.75) is 24.0 Å². The number of rotatable bonds is 6. The first-order chi connectivity index (χ1) is 13.7. The highest BCUT2D eigenvalue weighted by Gasteiger charge is 2.30. The van der Waals surface area contributed by atoms with Gasteiger partial charge in [-0.25, -0.2) is 9.97 Å². The molecule has 1 atom stereocenters. The van der Waals surface area contributed by atoms with E-state index in [0.717, 1.165) is 28.1 Å². The highest BCUT2D eigenvalue weighted by Crippen LogP contribution is 2.29. The van der Waals surface area contributed by atoms with Crippen LogP contribution in [0.1, 0.15) is 24.5 Å². The first-order valence-corrected chi connectivity index (χ1v) is 10.9. The standard InChI is InChI=1S/C20H19N3O3S2/c24-16(12-28-19-15-8-11-27-18(15)21-13-22-19)26-17(14-6-2-1-3-7-14)20(25)23-9-4-5-10-23/h1-3,6-8,11,13,17H,4-5,9-10,12H2/t17-/m1/s1. The monoisotopic (exact) mass is 413 g/mol. The van der Waals surface area contributed by atoms with Gasteiger partial charge in [-0.3, -0.25) is 9.59 Å². The molecule has 1 aliphatic rings. The second-order valence-electron chi connectivity index (χ2n) is 6.42. The van der Waals surface area contributed by atoms with Crippen molar-refractivity contribution < 1.29 is 14.3 Å². The molecule has 4 rings (SSSR count). The van der Waals surface area contributed by atoms with E-state index in [2.05, 4.69) is 9.97 Å². The molecular weight excluding hydrogens is 394 g/mol. The molecule has 1 aromatic carbocycles. The minimum absolute atomic E-state index is 0.0819. The van der Waals surface area contributed by atoms with Crippen LogP contribution in [0.5, 0.6) is 0 Å². The summed E-state index contributed by atoms with van der Waals surface area (Å²) in [4.78, 5) is 36.6. The number of hydrogen-bond acceptors (Lipinski definition) is 7. The molecule has 1 fully saturated rings. The quantitative estimate of drug-likeness (QED) is 0.349. The van der Waals surface area contributed by atoms with Crippen LogP contribution in [-0.2, 0) is 14.3 Å². The molecule has 0 aliphatic carbocycles. The summed E-state index contributed by atoms with van der Waals surface area (Å²) in [5.74, 6) is -0.504. The maximum absolute atomic E-state index is 12.9. The lowest BCUT2D eigenvalue weighted by atomic mass is 10.1. The molecule has 3 aromatic rings. The summed E-state index contributed by atoms with van der Waals surface area (Å²) < 4.78 is 5.63. The molecule has 0 radical (unpaired) electrons. The van der Waals surface area contributed by atoms with Gasteiger partial charge in [-0.2, -0.15) is 0 Å². The van der Waals surface area contributed by atoms with E-state index in [1.54, 1.807) is 4.90 Å². The van der Waals surface area contributed by atoms with Crippen molar-refractivity contribution in [3.63, 3.8) is 0 Å². The summed E-state index contributed by atoms with van der Waals surface area (Å²) in [6.45, 7) is 1.43. The van der Waals surface area contributed by atoms with Crippen LogP contribution in [0.15, 0.2) is 53.1 Å². The lowest BCUT2D eigenvalue weighted by Gasteiger charge is -2.23. The molecule has 0 bridgehead atoms. The fourth-order valence-corrected chi connectivity index (χ4v) is 4.73. The van der Waals surface area contributed by atoms with Crippen molar-refractivity contribution in [2.24, 2.45) is 0 Å². The minimum Gasteiger partial charge on any atom is -0.447 e. The van der Waals surface area contributed by atoms with Crippen molar-refractivity contribution in [3.05, 3.63) is 53.7 Å². The van der Waals surface area contributed by atoms with Crippen LogP contribution >= 0.6 is 23.1 Å². The van der Waals surface area contributed by atoms with E-state index >= 15 is 0 Å². The van der Waals surface area contributed by atoms with Crippen molar-refractivity contribution >= 4 is 45.2 Å².